The molecule has 2 fully saturated rings. The quantitative estimate of drug-likeness (QED) is 0.0710. The summed E-state index contributed by atoms with van der Waals surface area (Å²) in [6.45, 7) is 13.2. The number of nitrogens with zero attached hydrogens (tertiary/aromatic N) is 2. The normalized spacial score (nSPS) is 15.9. The highest BCUT2D eigenvalue weighted by Gasteiger charge is 2.32. The van der Waals surface area contributed by atoms with E-state index in [-0.39, 0.29) is 5.76 Å². The molecule has 3 aliphatic carbocycles. The van der Waals surface area contributed by atoms with E-state index in [1.54, 1.807) is 0 Å². The van der Waals surface area contributed by atoms with Gasteiger partial charge < -0.3 is 19.3 Å². The Labute approximate surface area is 508 Å². The van der Waals surface area contributed by atoms with Gasteiger partial charge in [-0.25, -0.2) is 0 Å². The van der Waals surface area contributed by atoms with Crippen LogP contribution in [0.15, 0.2) is 216 Å². The van der Waals surface area contributed by atoms with Gasteiger partial charge in [-0.2, -0.15) is 0 Å². The van der Waals surface area contributed by atoms with Crippen molar-refractivity contribution in [2.45, 2.75) is 130 Å². The Bertz CT molecular complexity index is 4570. The van der Waals surface area contributed by atoms with E-state index in [9.17, 15) is 5.11 Å². The number of furan rings is 1. The first-order valence-corrected chi connectivity index (χ1v) is 31.8. The summed E-state index contributed by atoms with van der Waals surface area (Å²) in [5.74, 6) is 0.985. The number of anilines is 5. The molecule has 0 spiro atoms. The fourth-order valence-corrected chi connectivity index (χ4v) is 15.2. The minimum Gasteiger partial charge on any atom is -0.506 e. The molecular weight excluding hydrogens is 1040 g/mol. The van der Waals surface area contributed by atoms with Crippen LogP contribution in [0.5, 0.6) is 0 Å². The summed E-state index contributed by atoms with van der Waals surface area (Å²) < 4.78 is 7.37. The van der Waals surface area contributed by atoms with Gasteiger partial charge in [0.05, 0.1) is 22.8 Å². The Hall–Kier alpha value is -8.86. The standard InChI is InChI=1S/C82H78N2O2/c1-7-8-36-74(78(85)49-57-24-20-31-61(48-57)62-32-19-18-23-54(62)4)83(72-44-38-52(2)46-55(72)5)76-50-70(59-27-14-10-15-28-59)64-41-43-69-77(51-71(60-29-16-11-17-30-60)65-40-42-68(76)79(64)80(65)69)84(73-45-39-53(3)47-56(73)6)75-37-22-35-67-66-34-21-33-63(81(66)86-82(67)75)58-25-12-9-13-26-58/h7-9,12-13,19-22,24-26,31-51,59-60,85H,10-11,14-18,23,27-30H2,1-6H3/b8-7-,74-36+,78-49-. The molecule has 0 radical (unpaired) electrons. The largest absolute Gasteiger partial charge is 0.506 e. The first-order chi connectivity index (χ1) is 42.1. The van der Waals surface area contributed by atoms with Crippen LogP contribution in [0.3, 0.4) is 0 Å². The van der Waals surface area contributed by atoms with Crippen LogP contribution in [0.2, 0.25) is 0 Å². The molecule has 0 unspecified atom stereocenters. The summed E-state index contributed by atoms with van der Waals surface area (Å²) in [5, 5.41) is 23.0. The lowest BCUT2D eigenvalue weighted by Crippen LogP contribution is -2.20. The summed E-state index contributed by atoms with van der Waals surface area (Å²) in [5.41, 5.74) is 22.6. The smallest absolute Gasteiger partial charge is 0.159 e. The first kappa shape index (κ1) is 55.0. The molecule has 0 saturated heterocycles. The molecule has 0 bridgehead atoms. The van der Waals surface area contributed by atoms with Crippen molar-refractivity contribution in [1.82, 2.24) is 0 Å². The number of hydrogen-bond donors (Lipinski definition) is 1. The van der Waals surface area contributed by atoms with Crippen molar-refractivity contribution >= 4 is 94.3 Å². The van der Waals surface area contributed by atoms with Gasteiger partial charge >= 0.3 is 0 Å². The highest BCUT2D eigenvalue weighted by molar-refractivity contribution is 6.30. The molecule has 1 N–H and O–H groups in total. The molecule has 0 amide bonds. The second-order valence-electron chi connectivity index (χ2n) is 25.1. The molecule has 3 aliphatic rings. The second kappa shape index (κ2) is 23.2. The number of allylic oxidation sites excluding steroid dienone is 7. The third-order valence-corrected chi connectivity index (χ3v) is 19.4. The Morgan fingerprint density at radius 3 is 1.76 bits per heavy atom. The lowest BCUT2D eigenvalue weighted by molar-refractivity contribution is 0.427. The Morgan fingerprint density at radius 1 is 0.512 bits per heavy atom. The van der Waals surface area contributed by atoms with E-state index in [2.05, 4.69) is 246 Å². The molecule has 4 nitrogen and oxygen atoms in total. The number of para-hydroxylation sites is 2. The maximum absolute atomic E-state index is 13.1. The second-order valence-corrected chi connectivity index (χ2v) is 25.1. The molecule has 4 heteroatoms. The average molecular weight is 1120 g/mol. The summed E-state index contributed by atoms with van der Waals surface area (Å²) >= 11 is 0. The molecule has 11 aromatic rings. The van der Waals surface area contributed by atoms with Gasteiger partial charge in [-0.3, -0.25) is 0 Å². The van der Waals surface area contributed by atoms with Gasteiger partial charge in [0.2, 0.25) is 0 Å². The van der Waals surface area contributed by atoms with Crippen LogP contribution in [-0.4, -0.2) is 5.11 Å². The molecule has 10 aromatic carbocycles. The highest BCUT2D eigenvalue weighted by Crippen LogP contribution is 2.55. The Kier molecular flexibility index (Phi) is 14.8. The van der Waals surface area contributed by atoms with Gasteiger partial charge in [0, 0.05) is 38.5 Å². The van der Waals surface area contributed by atoms with Crippen molar-refractivity contribution in [3.05, 3.63) is 256 Å². The maximum atomic E-state index is 13.1. The van der Waals surface area contributed by atoms with Gasteiger partial charge in [-0.15, -0.1) is 0 Å². The third-order valence-electron chi connectivity index (χ3n) is 19.4. The maximum Gasteiger partial charge on any atom is 0.159 e. The van der Waals surface area contributed by atoms with Crippen LogP contribution >= 0.6 is 0 Å². The van der Waals surface area contributed by atoms with Crippen molar-refractivity contribution in [1.29, 1.82) is 0 Å². The number of rotatable bonds is 13. The third kappa shape index (κ3) is 9.91. The number of fused-ring (bicyclic) bond motifs is 3. The van der Waals surface area contributed by atoms with Crippen LogP contribution in [0.25, 0.3) is 77.0 Å². The fourth-order valence-electron chi connectivity index (χ4n) is 15.2. The molecule has 428 valence electrons. The number of benzene rings is 10. The fraction of sp³-hybridized carbons (Fsp3) is 0.244. The molecule has 1 aromatic heterocycles. The molecule has 14 rings (SSSR count). The predicted octanol–water partition coefficient (Wildman–Crippen LogP) is 24.3. The van der Waals surface area contributed by atoms with Crippen LogP contribution in [0.1, 0.15) is 147 Å². The Balaban J connectivity index is 1.07. The topological polar surface area (TPSA) is 39.9 Å². The number of aliphatic hydroxyl groups is 1. The lowest BCUT2D eigenvalue weighted by atomic mass is 9.77. The van der Waals surface area contributed by atoms with Gasteiger partial charge in [0.15, 0.2) is 5.58 Å². The van der Waals surface area contributed by atoms with E-state index in [1.165, 1.54) is 115 Å². The van der Waals surface area contributed by atoms with Crippen molar-refractivity contribution < 1.29 is 9.52 Å². The van der Waals surface area contributed by atoms with Gasteiger partial charge in [-0.05, 0) is 207 Å². The SMILES string of the molecule is C\C=C/C=C(\C(O)=C\c1cccc(C2=C(C)CCC=C2)c1)N(c1ccc(C)cc1C)c1cc(C2CCCCC2)c2ccc3c(N(c4ccc(C)cc4C)c4cccc5c4oc4c(-c6ccccc6)cccc45)cc(C4CCCCC4)c4ccc1c2c43. The van der Waals surface area contributed by atoms with Crippen molar-refractivity contribution in [3.8, 4) is 11.1 Å². The first-order valence-electron chi connectivity index (χ1n) is 31.8. The van der Waals surface area contributed by atoms with E-state index >= 15 is 0 Å². The minimum absolute atomic E-state index is 0.205. The summed E-state index contributed by atoms with van der Waals surface area (Å²) in [6, 6.07) is 61.4. The summed E-state index contributed by atoms with van der Waals surface area (Å²) in [4.78, 5) is 4.96. The number of aliphatic hydroxyl groups excluding tert-OH is 1. The molecule has 0 atom stereocenters. The number of aryl methyl sites for hydroxylation is 4. The molecule has 2 saturated carbocycles. The average Bonchev–Trinajstić information content (AvgIpc) is 0.777. The van der Waals surface area contributed by atoms with E-state index in [4.69, 9.17) is 4.42 Å². The molecule has 0 aliphatic heterocycles. The van der Waals surface area contributed by atoms with E-state index in [0.29, 0.717) is 11.8 Å². The van der Waals surface area contributed by atoms with E-state index in [1.807, 2.05) is 6.08 Å². The molecule has 1 heterocycles. The zero-order chi connectivity index (χ0) is 58.6. The van der Waals surface area contributed by atoms with Gasteiger partial charge in [-0.1, -0.05) is 207 Å². The zero-order valence-corrected chi connectivity index (χ0v) is 50.9. The minimum atomic E-state index is 0.205. The van der Waals surface area contributed by atoms with E-state index < -0.39 is 0 Å². The lowest BCUT2D eigenvalue weighted by Gasteiger charge is -2.34. The molecular formula is C82H78N2O2. The summed E-state index contributed by atoms with van der Waals surface area (Å²) in [6.07, 6.45) is 27.0. The summed E-state index contributed by atoms with van der Waals surface area (Å²) in [7, 11) is 0. The monoisotopic (exact) mass is 1120 g/mol. The molecule has 86 heavy (non-hydrogen) atoms. The van der Waals surface area contributed by atoms with Crippen LogP contribution in [0, 0.1) is 27.7 Å². The van der Waals surface area contributed by atoms with E-state index in [0.717, 1.165) is 117 Å². The van der Waals surface area contributed by atoms with Gasteiger partial charge in [0.1, 0.15) is 11.3 Å². The highest BCUT2D eigenvalue weighted by atomic mass is 16.3. The van der Waals surface area contributed by atoms with Crippen LogP contribution in [-0.2, 0) is 0 Å². The van der Waals surface area contributed by atoms with Gasteiger partial charge in [0.25, 0.3) is 0 Å². The van der Waals surface area contributed by atoms with Crippen LogP contribution in [0.4, 0.5) is 28.4 Å². The predicted molar refractivity (Wildman–Crippen MR) is 368 cm³/mol. The Morgan fingerprint density at radius 2 is 1.10 bits per heavy atom. The van der Waals surface area contributed by atoms with Crippen molar-refractivity contribution in [2.75, 3.05) is 9.80 Å². The number of hydrogen-bond acceptors (Lipinski definition) is 4. The zero-order valence-electron chi connectivity index (χ0n) is 50.9. The van der Waals surface area contributed by atoms with Crippen molar-refractivity contribution in [2.24, 2.45) is 0 Å². The van der Waals surface area contributed by atoms with Crippen molar-refractivity contribution in [3.63, 3.8) is 0 Å². The van der Waals surface area contributed by atoms with Crippen LogP contribution < -0.4 is 9.80 Å².